The number of Topliss-reactive ketones (excluding diaryl/α,β-unsaturated/α-hetero) is 1. The normalized spacial score (nSPS) is 16.3. The molecule has 137 heavy (non-hydrogen) atoms. The molecule has 20 rings (SSSR count). The van der Waals surface area contributed by atoms with Crippen LogP contribution in [0.2, 0.25) is 0 Å². The smallest absolute Gasteiger partial charge is 1.00 e. The van der Waals surface area contributed by atoms with Gasteiger partial charge in [-0.2, -0.15) is 18.2 Å². The molecule has 4 aliphatic rings. The van der Waals surface area contributed by atoms with Crippen molar-refractivity contribution in [2.75, 3.05) is 60.3 Å². The number of hydrogen-bond donors (Lipinski definition) is 7. The number of carbonyl (C=O) groups excluding carboxylic acids is 1. The van der Waals surface area contributed by atoms with Crippen LogP contribution in [0.25, 0.3) is 44.6 Å². The third-order valence-corrected chi connectivity index (χ3v) is 25.2. The van der Waals surface area contributed by atoms with Crippen LogP contribution in [-0.2, 0) is 28.7 Å². The standard InChI is InChI=1S/C31H29N3O2.C24H24O4.C24H22O4.C23H19N3O2.C8H9O.2CH4OS.BrH.Mg.H2/c1-19-9-12-23(13-10-19)26-18-36-30-22(4)28(34-29-8-6-5-7-27(29)32-33-34)16-15-25(30)31(26,35)24-14-11-20(2)21(3)17-24;2*1-14-12-17(6-11-22(14)27-3)23-19-9-10-21(26)15(2)24(19)28-13-20(23)16-4-7-18(25)8-5-16;1-14-7-9-16(10-8-14)18-13-28-23-15(2)20(12-11-17(23)22(18)27)26-21-6-4-3-5-19(21)24-25-26;1-7-5-3-4-6-8(7)9-2;2*1-3-2;;;/h5-17,26,35H,18H2,1-4H3;4-12,20,23,25-26H,13H2,1-3H3;4-12,25-26H,13H2,1-3H3;3-12,18H,13H2,1-2H3;4-6H,1-2H3;2*3H,1H3;1H;;1H/q;;;;-1;;;;+2;/p-1/i;;;;;2*3D;;;. The number of nitrogens with zero attached hydrogens (tertiary/aromatic N) is 6. The second-order valence-corrected chi connectivity index (χ2v) is 34.3. The summed E-state index contributed by atoms with van der Waals surface area (Å²) < 4.78 is 74.8. The molecule has 0 fully saturated rings. The number of benzene rings is 14. The summed E-state index contributed by atoms with van der Waals surface area (Å²) in [5, 5.41) is 69.6. The van der Waals surface area contributed by atoms with E-state index in [4.69, 9.17) is 35.4 Å². The van der Waals surface area contributed by atoms with Crippen LogP contribution in [0, 0.1) is 82.2 Å². The fourth-order valence-corrected chi connectivity index (χ4v) is 17.8. The maximum atomic E-state index is 13.1. The summed E-state index contributed by atoms with van der Waals surface area (Å²) in [7, 11) is 5.01. The van der Waals surface area contributed by atoms with Gasteiger partial charge in [0.2, 0.25) is 0 Å². The number of aliphatic hydroxyl groups is 1. The second-order valence-electron chi connectivity index (χ2n) is 33.7. The summed E-state index contributed by atoms with van der Waals surface area (Å²) in [5.74, 6) is 6.09. The number of aromatic nitrogens is 6. The fourth-order valence-electron chi connectivity index (χ4n) is 17.8. The topological polar surface area (TPSA) is 278 Å². The first-order chi connectivity index (χ1) is 65.8. The van der Waals surface area contributed by atoms with E-state index in [0.717, 1.165) is 162 Å². The summed E-state index contributed by atoms with van der Waals surface area (Å²) >= 11 is -2.72. The van der Waals surface area contributed by atoms with Gasteiger partial charge >= 0.3 is 23.1 Å². The Morgan fingerprint density at radius 2 is 0.956 bits per heavy atom. The Kier molecular flexibility index (Phi) is 33.4. The molecule has 14 aromatic carbocycles. The van der Waals surface area contributed by atoms with Gasteiger partial charge in [-0.15, -0.1) is 21.8 Å². The number of hydrogen-bond acceptors (Lipinski definition) is 19. The SMILES string of the molecule is COc1cc[c-]cc1C.COc1ccc(C2=C(c3ccc(O)cc3)COc3c2ccc(O)c3C)cc1C.COc1ccc(C2c3ccc(O)c(C)c3OCC2c2ccc(O)cc2)cc1C.Cc1ccc(C2COc3c(ccc(-n4nnc5ccccc54)c3C)C2(O)c2ccc(C)c(C)c2)cc1.Cc1ccc(C2COc3c(ccc(-n4nnc5ccccc54)c3C)C2=O)cc1.[2H]S(C)=O.[2H]S(C)=O.[Br-].[HH].[Mg+2]. The summed E-state index contributed by atoms with van der Waals surface area (Å²) in [5.41, 5.74) is 28.0. The van der Waals surface area contributed by atoms with Gasteiger partial charge in [0, 0.05) is 99.2 Å². The summed E-state index contributed by atoms with van der Waals surface area (Å²) in [6, 6.07) is 88.9. The molecular weight excluding hydrogens is 1840 g/mol. The summed E-state index contributed by atoms with van der Waals surface area (Å²) in [6.45, 7) is 23.7. The third-order valence-electron chi connectivity index (χ3n) is 25.2. The first kappa shape index (κ1) is 99.6. The Bertz CT molecular complexity index is 7170. The van der Waals surface area contributed by atoms with E-state index in [-0.39, 0.29) is 93.9 Å². The van der Waals surface area contributed by atoms with E-state index < -0.39 is 28.7 Å². The van der Waals surface area contributed by atoms with Crippen molar-refractivity contribution in [1.29, 1.82) is 2.25 Å². The Balaban J connectivity index is 0.000000168. The number of thiol groups is 2. The van der Waals surface area contributed by atoms with Crippen LogP contribution in [0.4, 0.5) is 0 Å². The van der Waals surface area contributed by atoms with Crippen molar-refractivity contribution in [2.24, 2.45) is 0 Å². The number of phenolic OH excluding ortho intramolecular Hbond substituents is 4. The van der Waals surface area contributed by atoms with Crippen LogP contribution in [0.5, 0.6) is 63.2 Å². The van der Waals surface area contributed by atoms with Gasteiger partial charge in [0.25, 0.3) is 0 Å². The molecule has 7 atom stereocenters. The molecule has 2 aromatic heterocycles. The van der Waals surface area contributed by atoms with E-state index in [1.54, 1.807) is 62.4 Å². The molecule has 0 aliphatic carbocycles. The molecule has 25 heteroatoms. The first-order valence-corrected chi connectivity index (χ1v) is 46.4. The number of halogens is 1. The number of aryl methyl sites for hydroxylation is 7. The zero-order chi connectivity index (χ0) is 97.8. The molecule has 0 spiro atoms. The van der Waals surface area contributed by atoms with Crippen LogP contribution in [-0.4, -0.2) is 155 Å². The van der Waals surface area contributed by atoms with Crippen molar-refractivity contribution in [3.63, 3.8) is 0 Å². The van der Waals surface area contributed by atoms with Crippen LogP contribution in [0.15, 0.2) is 267 Å². The molecule has 0 saturated heterocycles. The maximum absolute atomic E-state index is 13.1. The van der Waals surface area contributed by atoms with Gasteiger partial charge < -0.3 is 75.7 Å². The van der Waals surface area contributed by atoms with Crippen molar-refractivity contribution in [1.82, 2.24) is 30.0 Å². The molecule has 5 N–H and O–H groups in total. The van der Waals surface area contributed by atoms with Gasteiger partial charge in [0.1, 0.15) is 89.6 Å². The number of methoxy groups -OCH3 is 3. The molecule has 4 aliphatic heterocycles. The van der Waals surface area contributed by atoms with Gasteiger partial charge in [-0.3, -0.25) is 13.2 Å². The van der Waals surface area contributed by atoms with Crippen LogP contribution in [0.3, 0.4) is 0 Å². The fraction of sp³-hybridized carbons (Fsp3) is 0.223. The largest absolute Gasteiger partial charge is 2.00 e. The van der Waals surface area contributed by atoms with Crippen LogP contribution in [0.1, 0.15) is 152 Å². The Labute approximate surface area is 837 Å². The molecule has 7 unspecified atom stereocenters. The molecule has 0 saturated carbocycles. The summed E-state index contributed by atoms with van der Waals surface area (Å²) in [4.78, 5) is 13.1. The molecule has 21 nitrogen and oxygen atoms in total. The predicted octanol–water partition coefficient (Wildman–Crippen LogP) is 18.4. The maximum Gasteiger partial charge on any atom is 2.00 e. The first-order valence-electron chi connectivity index (χ1n) is 45.0. The van der Waals surface area contributed by atoms with Gasteiger partial charge in [0.15, 0.2) is 5.78 Å². The average molecular weight is 1950 g/mol. The number of fused-ring (bicyclic) bond motifs is 6. The van der Waals surface area contributed by atoms with E-state index in [1.807, 2.05) is 236 Å². The quantitative estimate of drug-likeness (QED) is 0.0340. The van der Waals surface area contributed by atoms with Gasteiger partial charge in [-0.25, -0.2) is 9.36 Å². The minimum atomic E-state index is -1.36. The minimum Gasteiger partial charge on any atom is -1.00 e. The molecule has 702 valence electrons. The average Bonchev–Trinajstić information content (AvgIpc) is 1.58. The number of ether oxygens (including phenoxy) is 7. The van der Waals surface area contributed by atoms with Crippen molar-refractivity contribution in [3.05, 3.63) is 395 Å². The van der Waals surface area contributed by atoms with E-state index in [1.165, 1.54) is 34.8 Å². The van der Waals surface area contributed by atoms with Crippen LogP contribution < -0.4 is 50.1 Å². The zero-order valence-corrected chi connectivity index (χ0v) is 84.1. The van der Waals surface area contributed by atoms with E-state index >= 15 is 0 Å². The molecular formula is C112H113BrMgN6O15S2. The van der Waals surface area contributed by atoms with Crippen molar-refractivity contribution >= 4 is 85.2 Å². The minimum absolute atomic E-state index is 0. The van der Waals surface area contributed by atoms with Crippen LogP contribution >= 0.6 is 0 Å². The molecule has 0 amide bonds. The number of phenols is 4. The molecule has 16 aromatic rings. The number of para-hydroxylation sites is 2. The number of rotatable bonds is 12. The van der Waals surface area contributed by atoms with Gasteiger partial charge in [-0.05, 0) is 245 Å². The molecule has 0 bridgehead atoms. The van der Waals surface area contributed by atoms with E-state index in [2.05, 4.69) is 102 Å². The monoisotopic (exact) mass is 1950 g/mol. The zero-order valence-electron chi connectivity index (χ0n) is 81.4. The number of carbonyl (C=O) groups is 1. The Hall–Kier alpha value is -13.4. The van der Waals surface area contributed by atoms with E-state index in [0.29, 0.717) is 49.2 Å². The van der Waals surface area contributed by atoms with Crippen molar-refractivity contribution < 1.29 is 90.3 Å². The third kappa shape index (κ3) is 22.0. The van der Waals surface area contributed by atoms with Gasteiger partial charge in [-0.1, -0.05) is 168 Å². The predicted molar refractivity (Wildman–Crippen MR) is 543 cm³/mol. The Morgan fingerprint density at radius 3 is 1.53 bits per heavy atom. The number of ketones is 1. The number of aromatic hydroxyl groups is 4. The van der Waals surface area contributed by atoms with Crippen molar-refractivity contribution in [3.8, 4) is 74.6 Å². The molecule has 0 radical (unpaired) electrons. The van der Waals surface area contributed by atoms with Crippen molar-refractivity contribution in [2.45, 2.75) is 105 Å². The molecule has 6 heterocycles. The summed E-state index contributed by atoms with van der Waals surface area (Å²) in [6.07, 6.45) is 2.61. The van der Waals surface area contributed by atoms with Gasteiger partial charge in [0.05, 0.1) is 74.4 Å². The second kappa shape index (κ2) is 46.0. The Morgan fingerprint density at radius 1 is 0.467 bits per heavy atom. The van der Waals surface area contributed by atoms with E-state index in [9.17, 15) is 38.7 Å².